The predicted octanol–water partition coefficient (Wildman–Crippen LogP) is 1.66. The summed E-state index contributed by atoms with van der Waals surface area (Å²) in [6.45, 7) is 7.41. The lowest BCUT2D eigenvalue weighted by atomic mass is 10.3. The van der Waals surface area contributed by atoms with Crippen molar-refractivity contribution < 1.29 is 4.79 Å². The number of fused-ring (bicyclic) bond motifs is 1. The molecule has 3 rings (SSSR count). The number of nitrogens with zero attached hydrogens (tertiary/aromatic N) is 4. The summed E-state index contributed by atoms with van der Waals surface area (Å²) in [7, 11) is 0. The number of nitrogens with one attached hydrogen (secondary N) is 1. The van der Waals surface area contributed by atoms with Gasteiger partial charge >= 0.3 is 0 Å². The highest BCUT2D eigenvalue weighted by Gasteiger charge is 2.16. The Bertz CT molecular complexity index is 622. The first-order valence-electron chi connectivity index (χ1n) is 7.07. The van der Waals surface area contributed by atoms with E-state index in [1.165, 1.54) is 17.6 Å². The second kappa shape index (κ2) is 5.95. The Morgan fingerprint density at radius 1 is 1.43 bits per heavy atom. The average Bonchev–Trinajstić information content (AvgIpc) is 2.94. The summed E-state index contributed by atoms with van der Waals surface area (Å²) in [5.74, 6) is 1.10. The molecule has 7 heteroatoms. The molecule has 0 atom stereocenters. The standard InChI is InChI=1S/C14H19N5OS/c1-10-8-19-6-5-18(4-3-13(19)16-10)9-12-7-15-14(21-12)17-11(2)20/h7-8H,3-6,9H2,1-2H3,(H,15,17,20). The van der Waals surface area contributed by atoms with Crippen molar-refractivity contribution in [3.63, 3.8) is 0 Å². The number of anilines is 1. The van der Waals surface area contributed by atoms with E-state index in [0.29, 0.717) is 5.13 Å². The molecule has 1 amide bonds. The van der Waals surface area contributed by atoms with Crippen LogP contribution in [-0.2, 0) is 24.3 Å². The third-order valence-corrected chi connectivity index (χ3v) is 4.40. The maximum Gasteiger partial charge on any atom is 0.223 e. The lowest BCUT2D eigenvalue weighted by Crippen LogP contribution is -2.26. The van der Waals surface area contributed by atoms with Crippen LogP contribution in [0.5, 0.6) is 0 Å². The largest absolute Gasteiger partial charge is 0.333 e. The Balaban J connectivity index is 1.60. The van der Waals surface area contributed by atoms with Gasteiger partial charge in [0.25, 0.3) is 0 Å². The second-order valence-corrected chi connectivity index (χ2v) is 6.45. The van der Waals surface area contributed by atoms with Crippen LogP contribution < -0.4 is 5.32 Å². The van der Waals surface area contributed by atoms with Crippen LogP contribution in [0.1, 0.15) is 23.3 Å². The molecule has 0 saturated carbocycles. The minimum absolute atomic E-state index is 0.0773. The van der Waals surface area contributed by atoms with Crippen molar-refractivity contribution in [2.45, 2.75) is 33.4 Å². The van der Waals surface area contributed by atoms with E-state index in [9.17, 15) is 4.79 Å². The van der Waals surface area contributed by atoms with Gasteiger partial charge in [0.15, 0.2) is 5.13 Å². The van der Waals surface area contributed by atoms with E-state index in [-0.39, 0.29) is 5.91 Å². The van der Waals surface area contributed by atoms with Gasteiger partial charge in [0.1, 0.15) is 5.82 Å². The normalized spacial score (nSPS) is 15.5. The Morgan fingerprint density at radius 2 is 2.29 bits per heavy atom. The van der Waals surface area contributed by atoms with Crippen LogP contribution in [0, 0.1) is 6.92 Å². The molecular weight excluding hydrogens is 286 g/mol. The van der Waals surface area contributed by atoms with E-state index in [1.807, 2.05) is 13.1 Å². The minimum Gasteiger partial charge on any atom is -0.333 e. The van der Waals surface area contributed by atoms with E-state index in [0.717, 1.165) is 38.3 Å². The molecule has 1 N–H and O–H groups in total. The number of aryl methyl sites for hydroxylation is 1. The number of carbonyl (C=O) groups is 1. The molecule has 1 aliphatic rings. The van der Waals surface area contributed by atoms with Crippen LogP contribution >= 0.6 is 11.3 Å². The molecule has 3 heterocycles. The van der Waals surface area contributed by atoms with Crippen molar-refractivity contribution in [3.05, 3.63) is 28.8 Å². The number of imidazole rings is 1. The molecule has 1 aliphatic heterocycles. The number of hydrogen-bond donors (Lipinski definition) is 1. The Kier molecular flexibility index (Phi) is 4.03. The lowest BCUT2D eigenvalue weighted by Gasteiger charge is -2.18. The van der Waals surface area contributed by atoms with Crippen LogP contribution in [-0.4, -0.2) is 38.4 Å². The van der Waals surface area contributed by atoms with Crippen molar-refractivity contribution in [2.24, 2.45) is 0 Å². The maximum absolute atomic E-state index is 11.0. The summed E-state index contributed by atoms with van der Waals surface area (Å²) in [5, 5.41) is 3.40. The third kappa shape index (κ3) is 3.48. The first-order chi connectivity index (χ1) is 10.1. The summed E-state index contributed by atoms with van der Waals surface area (Å²) in [6, 6.07) is 0. The third-order valence-electron chi connectivity index (χ3n) is 3.50. The Morgan fingerprint density at radius 3 is 3.10 bits per heavy atom. The quantitative estimate of drug-likeness (QED) is 0.937. The molecule has 0 radical (unpaired) electrons. The molecular formula is C14H19N5OS. The number of rotatable bonds is 3. The SMILES string of the molecule is CC(=O)Nc1ncc(CN2CCc3nc(C)cn3CC2)s1. The van der Waals surface area contributed by atoms with Gasteiger partial charge in [-0.25, -0.2) is 9.97 Å². The molecule has 112 valence electrons. The topological polar surface area (TPSA) is 63.1 Å². The molecule has 6 nitrogen and oxygen atoms in total. The number of thiazole rings is 1. The van der Waals surface area contributed by atoms with E-state index >= 15 is 0 Å². The van der Waals surface area contributed by atoms with E-state index in [4.69, 9.17) is 0 Å². The fraction of sp³-hybridized carbons (Fsp3) is 0.500. The number of amides is 1. The summed E-state index contributed by atoms with van der Waals surface area (Å²) in [4.78, 5) is 23.4. The van der Waals surface area contributed by atoms with Crippen molar-refractivity contribution in [2.75, 3.05) is 18.4 Å². The molecule has 0 spiro atoms. The molecule has 0 aliphatic carbocycles. The van der Waals surface area contributed by atoms with Crippen LogP contribution in [0.15, 0.2) is 12.4 Å². The van der Waals surface area contributed by atoms with Gasteiger partial charge < -0.3 is 9.88 Å². The molecule has 2 aromatic rings. The van der Waals surface area contributed by atoms with E-state index < -0.39 is 0 Å². The van der Waals surface area contributed by atoms with Crippen molar-refractivity contribution in [1.82, 2.24) is 19.4 Å². The lowest BCUT2D eigenvalue weighted by molar-refractivity contribution is -0.114. The van der Waals surface area contributed by atoms with Gasteiger partial charge in [-0.05, 0) is 6.92 Å². The molecule has 0 fully saturated rings. The summed E-state index contributed by atoms with van der Waals surface area (Å²) < 4.78 is 2.25. The average molecular weight is 305 g/mol. The predicted molar refractivity (Wildman–Crippen MR) is 82.4 cm³/mol. The molecule has 2 aromatic heterocycles. The molecule has 21 heavy (non-hydrogen) atoms. The second-order valence-electron chi connectivity index (χ2n) is 5.33. The van der Waals surface area contributed by atoms with E-state index in [2.05, 4.69) is 30.9 Å². The highest BCUT2D eigenvalue weighted by molar-refractivity contribution is 7.15. The molecule has 0 saturated heterocycles. The Labute approximate surface area is 127 Å². The summed E-state index contributed by atoms with van der Waals surface area (Å²) in [5.41, 5.74) is 1.10. The summed E-state index contributed by atoms with van der Waals surface area (Å²) in [6.07, 6.45) is 4.95. The maximum atomic E-state index is 11.0. The van der Waals surface area contributed by atoms with Crippen LogP contribution in [0.4, 0.5) is 5.13 Å². The van der Waals surface area contributed by atoms with Gasteiger partial charge in [-0.3, -0.25) is 9.69 Å². The molecule has 0 bridgehead atoms. The minimum atomic E-state index is -0.0773. The van der Waals surface area contributed by atoms with Gasteiger partial charge in [-0.1, -0.05) is 0 Å². The fourth-order valence-corrected chi connectivity index (χ4v) is 3.48. The van der Waals surface area contributed by atoms with Gasteiger partial charge in [0.2, 0.25) is 5.91 Å². The van der Waals surface area contributed by atoms with Gasteiger partial charge in [0, 0.05) is 56.8 Å². The molecule has 0 unspecified atom stereocenters. The number of hydrogen-bond acceptors (Lipinski definition) is 5. The number of carbonyl (C=O) groups excluding carboxylic acids is 1. The first kappa shape index (κ1) is 14.2. The van der Waals surface area contributed by atoms with Gasteiger partial charge in [-0.2, -0.15) is 0 Å². The summed E-state index contributed by atoms with van der Waals surface area (Å²) >= 11 is 1.54. The van der Waals surface area contributed by atoms with Crippen LogP contribution in [0.25, 0.3) is 0 Å². The van der Waals surface area contributed by atoms with Crippen molar-refractivity contribution in [1.29, 1.82) is 0 Å². The highest BCUT2D eigenvalue weighted by Crippen LogP contribution is 2.20. The van der Waals surface area contributed by atoms with Crippen LogP contribution in [0.3, 0.4) is 0 Å². The van der Waals surface area contributed by atoms with Gasteiger partial charge in [-0.15, -0.1) is 11.3 Å². The monoisotopic (exact) mass is 305 g/mol. The highest BCUT2D eigenvalue weighted by atomic mass is 32.1. The van der Waals surface area contributed by atoms with Gasteiger partial charge in [0.05, 0.1) is 5.69 Å². The smallest absolute Gasteiger partial charge is 0.223 e. The molecule has 0 aromatic carbocycles. The zero-order chi connectivity index (χ0) is 14.8. The zero-order valence-electron chi connectivity index (χ0n) is 12.3. The Hall–Kier alpha value is -1.73. The zero-order valence-corrected chi connectivity index (χ0v) is 13.1. The van der Waals surface area contributed by atoms with Crippen LogP contribution in [0.2, 0.25) is 0 Å². The number of aromatic nitrogens is 3. The van der Waals surface area contributed by atoms with Crippen molar-refractivity contribution >= 4 is 22.4 Å². The first-order valence-corrected chi connectivity index (χ1v) is 7.89. The fourth-order valence-electron chi connectivity index (χ4n) is 2.58. The van der Waals surface area contributed by atoms with Crippen molar-refractivity contribution in [3.8, 4) is 0 Å². The van der Waals surface area contributed by atoms with E-state index in [1.54, 1.807) is 11.3 Å².